The summed E-state index contributed by atoms with van der Waals surface area (Å²) >= 11 is 0. The van der Waals surface area contributed by atoms with E-state index in [0.717, 1.165) is 5.56 Å². The third-order valence-electron chi connectivity index (χ3n) is 2.89. The quantitative estimate of drug-likeness (QED) is 0.802. The van der Waals surface area contributed by atoms with Gasteiger partial charge in [-0.1, -0.05) is 30.3 Å². The summed E-state index contributed by atoms with van der Waals surface area (Å²) in [7, 11) is 0. The fraction of sp³-hybridized carbons (Fsp3) is 0.250. The van der Waals surface area contributed by atoms with Gasteiger partial charge in [0.1, 0.15) is 0 Å². The lowest BCUT2D eigenvalue weighted by atomic mass is 10.1. The van der Waals surface area contributed by atoms with Gasteiger partial charge in [-0.2, -0.15) is 0 Å². The highest BCUT2D eigenvalue weighted by molar-refractivity contribution is 6.10. The number of hydrogen-bond donors (Lipinski definition) is 0. The molecule has 0 bridgehead atoms. The molecule has 104 valence electrons. The molecule has 0 amide bonds. The van der Waals surface area contributed by atoms with Crippen LogP contribution in [0.15, 0.2) is 36.4 Å². The predicted octanol–water partition coefficient (Wildman–Crippen LogP) is 3.14. The van der Waals surface area contributed by atoms with Crippen molar-refractivity contribution in [1.82, 2.24) is 0 Å². The number of fused-ring (bicyclic) bond motifs is 1. The Morgan fingerprint density at radius 1 is 0.950 bits per heavy atom. The summed E-state index contributed by atoms with van der Waals surface area (Å²) in [5, 5.41) is 0. The van der Waals surface area contributed by atoms with Gasteiger partial charge in [0.2, 0.25) is 0 Å². The molecule has 0 aromatic carbocycles. The molecule has 0 saturated heterocycles. The molecule has 0 fully saturated rings. The maximum Gasteiger partial charge on any atom is 0.339 e. The molecule has 2 aliphatic rings. The van der Waals surface area contributed by atoms with Gasteiger partial charge in [0.25, 0.3) is 0 Å². The molecule has 0 atom stereocenters. The van der Waals surface area contributed by atoms with Gasteiger partial charge in [-0.25, -0.2) is 9.59 Å². The minimum atomic E-state index is -0.505. The van der Waals surface area contributed by atoms with Crippen molar-refractivity contribution in [3.8, 4) is 11.1 Å². The monoisotopic (exact) mass is 272 g/mol. The van der Waals surface area contributed by atoms with Gasteiger partial charge < -0.3 is 9.47 Å². The van der Waals surface area contributed by atoms with E-state index in [0.29, 0.717) is 5.56 Å². The molecule has 0 spiro atoms. The highest BCUT2D eigenvalue weighted by Gasteiger charge is 2.26. The van der Waals surface area contributed by atoms with Crippen molar-refractivity contribution in [2.45, 2.75) is 13.8 Å². The van der Waals surface area contributed by atoms with Crippen molar-refractivity contribution in [1.29, 1.82) is 0 Å². The lowest BCUT2D eigenvalue weighted by Gasteiger charge is -2.05. The Balaban J connectivity index is 2.60. The zero-order valence-corrected chi connectivity index (χ0v) is 11.5. The van der Waals surface area contributed by atoms with E-state index in [9.17, 15) is 9.59 Å². The highest BCUT2D eigenvalue weighted by atomic mass is 16.5. The van der Waals surface area contributed by atoms with E-state index in [4.69, 9.17) is 9.47 Å². The minimum absolute atomic E-state index is 0.256. The SMILES string of the molecule is CCOC(=O)c1cc2cccccc-2c1C(=O)OCC. The van der Waals surface area contributed by atoms with Crippen LogP contribution < -0.4 is 0 Å². The third kappa shape index (κ3) is 2.64. The van der Waals surface area contributed by atoms with Gasteiger partial charge >= 0.3 is 11.9 Å². The van der Waals surface area contributed by atoms with Crippen molar-refractivity contribution >= 4 is 11.9 Å². The number of ether oxygens (including phenoxy) is 2. The van der Waals surface area contributed by atoms with Crippen molar-refractivity contribution in [3.63, 3.8) is 0 Å². The van der Waals surface area contributed by atoms with Crippen LogP contribution in [-0.2, 0) is 9.47 Å². The van der Waals surface area contributed by atoms with E-state index in [-0.39, 0.29) is 24.3 Å². The minimum Gasteiger partial charge on any atom is -0.462 e. The van der Waals surface area contributed by atoms with Crippen molar-refractivity contribution in [3.05, 3.63) is 47.5 Å². The van der Waals surface area contributed by atoms with Crippen LogP contribution in [0.25, 0.3) is 11.1 Å². The number of carbonyl (C=O) groups excluding carboxylic acids is 2. The van der Waals surface area contributed by atoms with Crippen LogP contribution in [0.5, 0.6) is 0 Å². The summed E-state index contributed by atoms with van der Waals surface area (Å²) in [5.41, 5.74) is 2.03. The topological polar surface area (TPSA) is 52.6 Å². The summed E-state index contributed by atoms with van der Waals surface area (Å²) < 4.78 is 10.1. The lowest BCUT2D eigenvalue weighted by molar-refractivity contribution is 0.0481. The number of rotatable bonds is 4. The normalized spacial score (nSPS) is 10.3. The zero-order valence-electron chi connectivity index (χ0n) is 11.5. The summed E-state index contributed by atoms with van der Waals surface area (Å²) in [5.74, 6) is -1.01. The molecule has 0 N–H and O–H groups in total. The molecule has 4 heteroatoms. The van der Waals surface area contributed by atoms with Crippen LogP contribution in [0.4, 0.5) is 0 Å². The molecule has 0 aromatic rings. The Morgan fingerprint density at radius 2 is 1.60 bits per heavy atom. The summed E-state index contributed by atoms with van der Waals surface area (Å²) in [6, 6.07) is 10.8. The van der Waals surface area contributed by atoms with Crippen LogP contribution in [0, 0.1) is 0 Å². The second kappa shape index (κ2) is 6.19. The van der Waals surface area contributed by atoms with E-state index in [1.54, 1.807) is 26.0 Å². The molecule has 0 radical (unpaired) electrons. The van der Waals surface area contributed by atoms with Gasteiger partial charge in [-0.15, -0.1) is 0 Å². The average Bonchev–Trinajstić information content (AvgIpc) is 2.63. The standard InChI is InChI=1S/C16H16O4/c1-3-19-15(17)13-10-11-8-6-5-7-9-12(11)14(13)16(18)20-4-2/h5-10H,3-4H2,1-2H3. The molecule has 4 nitrogen and oxygen atoms in total. The van der Waals surface area contributed by atoms with Gasteiger partial charge in [-0.3, -0.25) is 0 Å². The number of carbonyl (C=O) groups is 2. The molecule has 2 rings (SSSR count). The van der Waals surface area contributed by atoms with Gasteiger partial charge in [-0.05, 0) is 31.0 Å². The fourth-order valence-electron chi connectivity index (χ4n) is 2.08. The van der Waals surface area contributed by atoms with E-state index in [1.165, 1.54) is 0 Å². The first-order valence-electron chi connectivity index (χ1n) is 6.55. The average molecular weight is 272 g/mol. The second-order valence-corrected chi connectivity index (χ2v) is 4.15. The Hall–Kier alpha value is -2.36. The van der Waals surface area contributed by atoms with Crippen LogP contribution in [0.1, 0.15) is 34.6 Å². The smallest absolute Gasteiger partial charge is 0.339 e. The summed E-state index contributed by atoms with van der Waals surface area (Å²) in [4.78, 5) is 24.1. The van der Waals surface area contributed by atoms with E-state index in [2.05, 4.69) is 0 Å². The van der Waals surface area contributed by atoms with Crippen molar-refractivity contribution < 1.29 is 19.1 Å². The molecule has 0 saturated carbocycles. The molecular formula is C16H16O4. The maximum absolute atomic E-state index is 12.1. The molecular weight excluding hydrogens is 256 g/mol. The first-order chi connectivity index (χ1) is 9.69. The summed E-state index contributed by atoms with van der Waals surface area (Å²) in [6.45, 7) is 3.97. The Kier molecular flexibility index (Phi) is 4.35. The predicted molar refractivity (Wildman–Crippen MR) is 75.0 cm³/mol. The summed E-state index contributed by atoms with van der Waals surface area (Å²) in [6.07, 6.45) is 0. The van der Waals surface area contributed by atoms with Crippen molar-refractivity contribution in [2.75, 3.05) is 13.2 Å². The number of esters is 2. The largest absolute Gasteiger partial charge is 0.462 e. The van der Waals surface area contributed by atoms with Crippen LogP contribution in [-0.4, -0.2) is 25.2 Å². The van der Waals surface area contributed by atoms with E-state index >= 15 is 0 Å². The van der Waals surface area contributed by atoms with Crippen molar-refractivity contribution in [2.24, 2.45) is 0 Å². The van der Waals surface area contributed by atoms with Crippen LogP contribution in [0.3, 0.4) is 0 Å². The van der Waals surface area contributed by atoms with Gasteiger partial charge in [0.05, 0.1) is 24.3 Å². The lowest BCUT2D eigenvalue weighted by Crippen LogP contribution is -2.12. The molecule has 20 heavy (non-hydrogen) atoms. The van der Waals surface area contributed by atoms with Gasteiger partial charge in [0.15, 0.2) is 0 Å². The highest BCUT2D eigenvalue weighted by Crippen LogP contribution is 2.32. The fourth-order valence-corrected chi connectivity index (χ4v) is 2.08. The Labute approximate surface area is 117 Å². The molecule has 2 aliphatic carbocycles. The first kappa shape index (κ1) is 14.1. The van der Waals surface area contributed by atoms with Gasteiger partial charge in [0, 0.05) is 0 Å². The van der Waals surface area contributed by atoms with E-state index in [1.807, 2.05) is 24.3 Å². The molecule has 0 heterocycles. The molecule has 0 aliphatic heterocycles. The first-order valence-corrected chi connectivity index (χ1v) is 6.55. The molecule has 0 aromatic heterocycles. The van der Waals surface area contributed by atoms with Crippen LogP contribution in [0.2, 0.25) is 0 Å². The number of hydrogen-bond acceptors (Lipinski definition) is 4. The Bertz CT molecular complexity index is 604. The molecule has 0 unspecified atom stereocenters. The van der Waals surface area contributed by atoms with Crippen LogP contribution >= 0.6 is 0 Å². The Morgan fingerprint density at radius 3 is 2.30 bits per heavy atom. The van der Waals surface area contributed by atoms with E-state index < -0.39 is 11.9 Å². The maximum atomic E-state index is 12.1. The second-order valence-electron chi connectivity index (χ2n) is 4.15. The zero-order chi connectivity index (χ0) is 14.5. The third-order valence-corrected chi connectivity index (χ3v) is 2.89.